The van der Waals surface area contributed by atoms with E-state index in [4.69, 9.17) is 24.7 Å². The molecule has 3 aromatic carbocycles. The highest BCUT2D eigenvalue weighted by atomic mass is 19.1. The van der Waals surface area contributed by atoms with E-state index in [2.05, 4.69) is 10.6 Å². The van der Waals surface area contributed by atoms with Crippen LogP contribution in [0.1, 0.15) is 20.7 Å². The van der Waals surface area contributed by atoms with Crippen LogP contribution in [-0.2, 0) is 4.79 Å². The van der Waals surface area contributed by atoms with E-state index in [9.17, 15) is 18.8 Å². The van der Waals surface area contributed by atoms with Gasteiger partial charge in [-0.25, -0.2) is 4.39 Å². The molecule has 0 aliphatic heterocycles. The van der Waals surface area contributed by atoms with Crippen molar-refractivity contribution in [3.8, 4) is 23.0 Å². The first-order valence-corrected chi connectivity index (χ1v) is 10.5. The minimum Gasteiger partial charge on any atom is -0.495 e. The molecule has 188 valence electrons. The van der Waals surface area contributed by atoms with Crippen molar-refractivity contribution in [2.24, 2.45) is 5.73 Å². The number of amides is 3. The Morgan fingerprint density at radius 3 is 2.03 bits per heavy atom. The minimum absolute atomic E-state index is 0.113. The Kier molecular flexibility index (Phi) is 8.29. The Labute approximate surface area is 206 Å². The number of benzene rings is 3. The van der Waals surface area contributed by atoms with E-state index in [-0.39, 0.29) is 34.1 Å². The Bertz CT molecular complexity index is 1270. The summed E-state index contributed by atoms with van der Waals surface area (Å²) in [5, 5.41) is 5.36. The monoisotopic (exact) mass is 497 g/mol. The predicted molar refractivity (Wildman–Crippen MR) is 130 cm³/mol. The second-order valence-electron chi connectivity index (χ2n) is 7.30. The van der Waals surface area contributed by atoms with Crippen molar-refractivity contribution in [3.63, 3.8) is 0 Å². The molecule has 0 aliphatic rings. The summed E-state index contributed by atoms with van der Waals surface area (Å²) in [6.07, 6.45) is 0. The quantitative estimate of drug-likeness (QED) is 0.391. The molecule has 0 fully saturated rings. The molecule has 10 nitrogen and oxygen atoms in total. The second-order valence-corrected chi connectivity index (χ2v) is 7.30. The highest BCUT2D eigenvalue weighted by molar-refractivity contribution is 6.07. The first-order chi connectivity index (χ1) is 17.2. The molecule has 3 amide bonds. The smallest absolute Gasteiger partial charge is 0.255 e. The number of methoxy groups -OCH3 is 3. The van der Waals surface area contributed by atoms with Gasteiger partial charge in [0.15, 0.2) is 18.1 Å². The number of nitrogens with two attached hydrogens (primary N) is 1. The summed E-state index contributed by atoms with van der Waals surface area (Å²) < 4.78 is 34.7. The Balaban J connectivity index is 1.85. The van der Waals surface area contributed by atoms with E-state index in [0.29, 0.717) is 11.4 Å². The summed E-state index contributed by atoms with van der Waals surface area (Å²) in [5.41, 5.74) is 6.00. The zero-order valence-electron chi connectivity index (χ0n) is 19.7. The van der Waals surface area contributed by atoms with Crippen LogP contribution in [0.25, 0.3) is 0 Å². The highest BCUT2D eigenvalue weighted by Gasteiger charge is 2.19. The summed E-state index contributed by atoms with van der Waals surface area (Å²) in [5.74, 6) is -1.58. The maximum absolute atomic E-state index is 13.5. The van der Waals surface area contributed by atoms with Crippen molar-refractivity contribution in [1.82, 2.24) is 0 Å². The summed E-state index contributed by atoms with van der Waals surface area (Å²) >= 11 is 0. The van der Waals surface area contributed by atoms with Crippen LogP contribution in [0.2, 0.25) is 0 Å². The van der Waals surface area contributed by atoms with Crippen molar-refractivity contribution in [3.05, 3.63) is 71.5 Å². The molecule has 0 atom stereocenters. The van der Waals surface area contributed by atoms with Crippen LogP contribution in [0.4, 0.5) is 15.8 Å². The lowest BCUT2D eigenvalue weighted by molar-refractivity contribution is -0.120. The summed E-state index contributed by atoms with van der Waals surface area (Å²) in [6.45, 7) is -0.409. The van der Waals surface area contributed by atoms with Gasteiger partial charge >= 0.3 is 0 Å². The Hall–Kier alpha value is -4.80. The lowest BCUT2D eigenvalue weighted by Crippen LogP contribution is -2.20. The van der Waals surface area contributed by atoms with E-state index in [1.165, 1.54) is 57.7 Å². The number of halogens is 1. The van der Waals surface area contributed by atoms with Crippen molar-refractivity contribution < 1.29 is 37.7 Å². The van der Waals surface area contributed by atoms with Crippen molar-refractivity contribution in [1.29, 1.82) is 0 Å². The van der Waals surface area contributed by atoms with Crippen LogP contribution in [0.5, 0.6) is 23.0 Å². The molecule has 0 radical (unpaired) electrons. The fourth-order valence-corrected chi connectivity index (χ4v) is 3.21. The van der Waals surface area contributed by atoms with Crippen LogP contribution < -0.4 is 35.3 Å². The van der Waals surface area contributed by atoms with Gasteiger partial charge < -0.3 is 35.3 Å². The van der Waals surface area contributed by atoms with Gasteiger partial charge in [0.2, 0.25) is 5.75 Å². The topological polar surface area (TPSA) is 138 Å². The zero-order chi connectivity index (χ0) is 26.2. The fourth-order valence-electron chi connectivity index (χ4n) is 3.21. The first kappa shape index (κ1) is 25.8. The molecular formula is C25H24FN3O7. The number of anilines is 2. The van der Waals surface area contributed by atoms with Gasteiger partial charge in [0.05, 0.1) is 27.0 Å². The number of carbonyl (C=O) groups excluding carboxylic acids is 3. The van der Waals surface area contributed by atoms with Gasteiger partial charge in [-0.1, -0.05) is 6.07 Å². The van der Waals surface area contributed by atoms with E-state index >= 15 is 0 Å². The van der Waals surface area contributed by atoms with Gasteiger partial charge in [0, 0.05) is 16.8 Å². The molecule has 11 heteroatoms. The van der Waals surface area contributed by atoms with E-state index < -0.39 is 30.1 Å². The molecule has 0 bridgehead atoms. The third-order valence-corrected chi connectivity index (χ3v) is 4.87. The molecule has 0 saturated heterocycles. The predicted octanol–water partition coefficient (Wildman–Crippen LogP) is 3.22. The molecule has 0 spiro atoms. The van der Waals surface area contributed by atoms with E-state index in [1.54, 1.807) is 12.1 Å². The molecule has 0 aromatic heterocycles. The average Bonchev–Trinajstić information content (AvgIpc) is 2.86. The first-order valence-electron chi connectivity index (χ1n) is 10.5. The van der Waals surface area contributed by atoms with Crippen LogP contribution >= 0.6 is 0 Å². The van der Waals surface area contributed by atoms with E-state index in [1.807, 2.05) is 0 Å². The summed E-state index contributed by atoms with van der Waals surface area (Å²) in [7, 11) is 4.15. The van der Waals surface area contributed by atoms with Crippen molar-refractivity contribution in [2.45, 2.75) is 0 Å². The third-order valence-electron chi connectivity index (χ3n) is 4.87. The SMILES string of the molecule is COc1ccc(NC(=O)c2cc(OC)c(OCC(N)=O)c(OC)c2)cc1NC(=O)c1cccc(F)c1. The molecule has 0 heterocycles. The number of hydrogen-bond donors (Lipinski definition) is 3. The molecule has 36 heavy (non-hydrogen) atoms. The number of hydrogen-bond acceptors (Lipinski definition) is 7. The van der Waals surface area contributed by atoms with Crippen LogP contribution in [0.3, 0.4) is 0 Å². The lowest BCUT2D eigenvalue weighted by Gasteiger charge is -2.16. The third kappa shape index (κ3) is 6.20. The second kappa shape index (κ2) is 11.6. The van der Waals surface area contributed by atoms with Gasteiger partial charge in [-0.3, -0.25) is 14.4 Å². The minimum atomic E-state index is -0.694. The number of ether oxygens (including phenoxy) is 4. The number of carbonyl (C=O) groups is 3. The maximum Gasteiger partial charge on any atom is 0.255 e. The van der Waals surface area contributed by atoms with Gasteiger partial charge in [-0.2, -0.15) is 0 Å². The molecule has 0 aliphatic carbocycles. The highest BCUT2D eigenvalue weighted by Crippen LogP contribution is 2.39. The summed E-state index contributed by atoms with van der Waals surface area (Å²) in [6, 6.07) is 12.7. The van der Waals surface area contributed by atoms with Crippen molar-refractivity contribution >= 4 is 29.1 Å². The Morgan fingerprint density at radius 1 is 0.806 bits per heavy atom. The molecular weight excluding hydrogens is 473 g/mol. The van der Waals surface area contributed by atoms with Crippen LogP contribution in [-0.4, -0.2) is 45.7 Å². The maximum atomic E-state index is 13.5. The number of nitrogens with one attached hydrogen (secondary N) is 2. The zero-order valence-corrected chi connectivity index (χ0v) is 19.7. The average molecular weight is 497 g/mol. The lowest BCUT2D eigenvalue weighted by atomic mass is 10.1. The normalized spacial score (nSPS) is 10.2. The Morgan fingerprint density at radius 2 is 1.44 bits per heavy atom. The van der Waals surface area contributed by atoms with Crippen molar-refractivity contribution in [2.75, 3.05) is 38.6 Å². The van der Waals surface area contributed by atoms with Gasteiger partial charge in [-0.15, -0.1) is 0 Å². The van der Waals surface area contributed by atoms with E-state index in [0.717, 1.165) is 6.07 Å². The molecule has 3 aromatic rings. The fraction of sp³-hybridized carbons (Fsp3) is 0.160. The standard InChI is InChI=1S/C25H24FN3O7/c1-33-19-8-7-17(12-18(19)29-24(31)14-5-4-6-16(26)9-14)28-25(32)15-10-20(34-2)23(21(11-15)35-3)36-13-22(27)30/h4-12H,13H2,1-3H3,(H2,27,30)(H,28,32)(H,29,31). The van der Waals surface area contributed by atoms with Crippen LogP contribution in [0.15, 0.2) is 54.6 Å². The molecule has 0 saturated carbocycles. The van der Waals surface area contributed by atoms with Gasteiger partial charge in [0.25, 0.3) is 17.7 Å². The van der Waals surface area contributed by atoms with Gasteiger partial charge in [0.1, 0.15) is 11.6 Å². The number of rotatable bonds is 10. The van der Waals surface area contributed by atoms with Gasteiger partial charge in [-0.05, 0) is 48.5 Å². The van der Waals surface area contributed by atoms with Crippen LogP contribution in [0, 0.1) is 5.82 Å². The summed E-state index contributed by atoms with van der Waals surface area (Å²) in [4.78, 5) is 36.6. The number of primary amides is 1. The molecule has 4 N–H and O–H groups in total. The largest absolute Gasteiger partial charge is 0.495 e. The molecule has 0 unspecified atom stereocenters. The molecule has 3 rings (SSSR count).